The highest BCUT2D eigenvalue weighted by atomic mass is 32.2. The second-order valence-electron chi connectivity index (χ2n) is 6.20. The zero-order valence-corrected chi connectivity index (χ0v) is 15.3. The average molecular weight is 365 g/mol. The number of carbonyl (C=O) groups is 3. The molecular weight excluding hydrogens is 338 g/mol. The smallest absolute Gasteiger partial charge is 0.326 e. The number of carboxylic acids is 1. The van der Waals surface area contributed by atoms with Gasteiger partial charge in [0.15, 0.2) is 0 Å². The van der Waals surface area contributed by atoms with Crippen molar-refractivity contribution in [2.24, 2.45) is 5.92 Å². The maximum atomic E-state index is 11.7. The van der Waals surface area contributed by atoms with Crippen LogP contribution in [0.5, 0.6) is 0 Å². The Morgan fingerprint density at radius 2 is 1.58 bits per heavy atom. The highest BCUT2D eigenvalue weighted by Gasteiger charge is 2.22. The van der Waals surface area contributed by atoms with Crippen molar-refractivity contribution in [3.05, 3.63) is 0 Å². The molecule has 4 N–H and O–H groups in total. The molecule has 0 bridgehead atoms. The van der Waals surface area contributed by atoms with Gasteiger partial charge in [-0.1, -0.05) is 13.8 Å². The minimum atomic E-state index is -3.81. The largest absolute Gasteiger partial charge is 0.480 e. The number of amides is 2. The quantitative estimate of drug-likeness (QED) is 0.386. The second kappa shape index (κ2) is 10.2. The molecular formula is C14H27N3O6S. The molecule has 0 aliphatic rings. The molecule has 0 heterocycles. The van der Waals surface area contributed by atoms with Crippen molar-refractivity contribution < 1.29 is 27.9 Å². The third-order valence-corrected chi connectivity index (χ3v) is 4.17. The van der Waals surface area contributed by atoms with E-state index in [9.17, 15) is 22.8 Å². The molecule has 0 saturated heterocycles. The van der Waals surface area contributed by atoms with Crippen LogP contribution in [-0.4, -0.2) is 55.7 Å². The van der Waals surface area contributed by atoms with Crippen LogP contribution in [-0.2, 0) is 24.4 Å². The summed E-state index contributed by atoms with van der Waals surface area (Å²) in [4.78, 5) is 34.1. The summed E-state index contributed by atoms with van der Waals surface area (Å²) >= 11 is 0. The molecule has 0 rings (SSSR count). The zero-order valence-electron chi connectivity index (χ0n) is 14.5. The molecule has 24 heavy (non-hydrogen) atoms. The number of rotatable bonds is 11. The minimum Gasteiger partial charge on any atom is -0.480 e. The number of carboxylic acid groups (broad SMARTS) is 1. The molecule has 0 radical (unpaired) electrons. The average Bonchev–Trinajstić information content (AvgIpc) is 2.41. The van der Waals surface area contributed by atoms with Crippen molar-refractivity contribution in [1.82, 2.24) is 15.4 Å². The van der Waals surface area contributed by atoms with Gasteiger partial charge in [0.2, 0.25) is 21.8 Å². The molecule has 0 aromatic carbocycles. The Morgan fingerprint density at radius 1 is 1.00 bits per heavy atom. The maximum Gasteiger partial charge on any atom is 0.326 e. The normalized spacial score (nSPS) is 12.9. The van der Waals surface area contributed by atoms with Crippen molar-refractivity contribution in [2.75, 3.05) is 12.3 Å². The van der Waals surface area contributed by atoms with E-state index in [2.05, 4.69) is 15.4 Å². The molecule has 140 valence electrons. The Bertz CT molecular complexity index is 545. The van der Waals surface area contributed by atoms with Gasteiger partial charge in [-0.15, -0.1) is 0 Å². The highest BCUT2D eigenvalue weighted by Crippen LogP contribution is 2.05. The van der Waals surface area contributed by atoms with E-state index in [4.69, 9.17) is 5.11 Å². The van der Waals surface area contributed by atoms with Gasteiger partial charge in [0.25, 0.3) is 0 Å². The van der Waals surface area contributed by atoms with E-state index in [0.717, 1.165) is 0 Å². The van der Waals surface area contributed by atoms with Crippen LogP contribution in [0.15, 0.2) is 0 Å². The lowest BCUT2D eigenvalue weighted by Gasteiger charge is -2.16. The van der Waals surface area contributed by atoms with E-state index in [1.807, 2.05) is 13.8 Å². The van der Waals surface area contributed by atoms with Gasteiger partial charge in [-0.05, 0) is 26.2 Å². The lowest BCUT2D eigenvalue weighted by atomic mass is 10.0. The first-order chi connectivity index (χ1) is 10.9. The number of hydrogen-bond donors (Lipinski definition) is 4. The Kier molecular flexibility index (Phi) is 9.52. The van der Waals surface area contributed by atoms with Crippen LogP contribution in [0.25, 0.3) is 0 Å². The van der Waals surface area contributed by atoms with E-state index in [-0.39, 0.29) is 24.8 Å². The summed E-state index contributed by atoms with van der Waals surface area (Å²) in [5.41, 5.74) is 0. The monoisotopic (exact) mass is 365 g/mol. The molecule has 0 saturated carbocycles. The van der Waals surface area contributed by atoms with Crippen LogP contribution >= 0.6 is 0 Å². The SMILES string of the molecule is CC(C)C[C@H](NC(=O)CCS(=O)(=O)NCC(=O)NC(C)C)C(=O)O. The lowest BCUT2D eigenvalue weighted by Crippen LogP contribution is -2.43. The summed E-state index contributed by atoms with van der Waals surface area (Å²) in [5.74, 6) is -2.76. The minimum absolute atomic E-state index is 0.0660. The molecule has 0 unspecified atom stereocenters. The molecule has 1 atom stereocenters. The lowest BCUT2D eigenvalue weighted by molar-refractivity contribution is -0.142. The van der Waals surface area contributed by atoms with Crippen molar-refractivity contribution in [1.29, 1.82) is 0 Å². The second-order valence-corrected chi connectivity index (χ2v) is 8.13. The van der Waals surface area contributed by atoms with Crippen LogP contribution in [0.2, 0.25) is 0 Å². The fraction of sp³-hybridized carbons (Fsp3) is 0.786. The molecule has 10 heteroatoms. The summed E-state index contributed by atoms with van der Waals surface area (Å²) < 4.78 is 25.6. The van der Waals surface area contributed by atoms with Gasteiger partial charge in [-0.2, -0.15) is 0 Å². The van der Waals surface area contributed by atoms with E-state index in [1.54, 1.807) is 13.8 Å². The molecule has 2 amide bonds. The van der Waals surface area contributed by atoms with Crippen molar-refractivity contribution in [3.8, 4) is 0 Å². The first-order valence-electron chi connectivity index (χ1n) is 7.71. The van der Waals surface area contributed by atoms with Gasteiger partial charge in [0.05, 0.1) is 12.3 Å². The van der Waals surface area contributed by atoms with Crippen molar-refractivity contribution >= 4 is 27.8 Å². The number of sulfonamides is 1. The fourth-order valence-electron chi connectivity index (χ4n) is 1.81. The van der Waals surface area contributed by atoms with Gasteiger partial charge < -0.3 is 15.7 Å². The molecule has 9 nitrogen and oxygen atoms in total. The number of carbonyl (C=O) groups excluding carboxylic acids is 2. The Balaban J connectivity index is 4.36. The molecule has 0 aliphatic carbocycles. The van der Waals surface area contributed by atoms with Crippen molar-refractivity contribution in [3.63, 3.8) is 0 Å². The third kappa shape index (κ3) is 10.9. The number of aliphatic carboxylic acids is 1. The first-order valence-corrected chi connectivity index (χ1v) is 9.37. The van der Waals surface area contributed by atoms with Gasteiger partial charge in [0, 0.05) is 12.5 Å². The number of nitrogens with one attached hydrogen (secondary N) is 3. The molecule has 0 aliphatic heterocycles. The van der Waals surface area contributed by atoms with Crippen LogP contribution in [0, 0.1) is 5.92 Å². The zero-order chi connectivity index (χ0) is 18.9. The topological polar surface area (TPSA) is 142 Å². The Labute approximate surface area is 142 Å². The predicted octanol–water partition coefficient (Wildman–Crippen LogP) is -0.564. The fourth-order valence-corrected chi connectivity index (χ4v) is 2.76. The number of hydrogen-bond acceptors (Lipinski definition) is 5. The van der Waals surface area contributed by atoms with E-state index >= 15 is 0 Å². The standard InChI is InChI=1S/C14H27N3O6S/c1-9(2)7-11(14(20)21)17-12(18)5-6-24(22,23)15-8-13(19)16-10(3)4/h9-11,15H,5-8H2,1-4H3,(H,16,19)(H,17,18)(H,20,21)/t11-/m0/s1. The molecule has 0 aromatic rings. The highest BCUT2D eigenvalue weighted by molar-refractivity contribution is 7.89. The van der Waals surface area contributed by atoms with E-state index < -0.39 is 46.1 Å². The van der Waals surface area contributed by atoms with Crippen LogP contribution < -0.4 is 15.4 Å². The molecule has 0 aromatic heterocycles. The third-order valence-electron chi connectivity index (χ3n) is 2.84. The van der Waals surface area contributed by atoms with E-state index in [1.165, 1.54) is 0 Å². The molecule has 0 spiro atoms. The van der Waals surface area contributed by atoms with E-state index in [0.29, 0.717) is 0 Å². The molecule has 0 fully saturated rings. The van der Waals surface area contributed by atoms with Gasteiger partial charge in [0.1, 0.15) is 6.04 Å². The van der Waals surface area contributed by atoms with Crippen molar-refractivity contribution in [2.45, 2.75) is 52.6 Å². The van der Waals surface area contributed by atoms with Gasteiger partial charge >= 0.3 is 5.97 Å². The van der Waals surface area contributed by atoms with Gasteiger partial charge in [-0.25, -0.2) is 17.9 Å². The Hall–Kier alpha value is -1.68. The maximum absolute atomic E-state index is 11.7. The summed E-state index contributed by atoms with van der Waals surface area (Å²) in [6.07, 6.45) is -0.134. The van der Waals surface area contributed by atoms with Crippen LogP contribution in [0.1, 0.15) is 40.5 Å². The van der Waals surface area contributed by atoms with Crippen LogP contribution in [0.4, 0.5) is 0 Å². The Morgan fingerprint density at radius 3 is 2.04 bits per heavy atom. The van der Waals surface area contributed by atoms with Crippen LogP contribution in [0.3, 0.4) is 0 Å². The predicted molar refractivity (Wildman–Crippen MR) is 88.7 cm³/mol. The summed E-state index contributed by atoms with van der Waals surface area (Å²) in [6, 6.07) is -1.16. The van der Waals surface area contributed by atoms with Gasteiger partial charge in [-0.3, -0.25) is 9.59 Å². The summed E-state index contributed by atoms with van der Waals surface area (Å²) in [7, 11) is -3.81. The summed E-state index contributed by atoms with van der Waals surface area (Å²) in [6.45, 7) is 6.71. The first kappa shape index (κ1) is 22.3. The summed E-state index contributed by atoms with van der Waals surface area (Å²) in [5, 5.41) is 13.9.